The van der Waals surface area contributed by atoms with Crippen LogP contribution in [0.1, 0.15) is 11.5 Å². The third-order valence-electron chi connectivity index (χ3n) is 3.47. The van der Waals surface area contributed by atoms with Crippen molar-refractivity contribution in [1.29, 1.82) is 0 Å². The van der Waals surface area contributed by atoms with Gasteiger partial charge in [0.05, 0.1) is 13.1 Å². The van der Waals surface area contributed by atoms with Crippen LogP contribution >= 0.6 is 0 Å². The molecule has 1 atom stereocenters. The summed E-state index contributed by atoms with van der Waals surface area (Å²) >= 11 is 0. The third kappa shape index (κ3) is 3.74. The molecule has 0 unspecified atom stereocenters. The zero-order valence-corrected chi connectivity index (χ0v) is 13.1. The summed E-state index contributed by atoms with van der Waals surface area (Å²) in [7, 11) is 1.70. The van der Waals surface area contributed by atoms with Crippen LogP contribution in [0.3, 0.4) is 0 Å². The van der Waals surface area contributed by atoms with E-state index < -0.39 is 0 Å². The van der Waals surface area contributed by atoms with Crippen molar-refractivity contribution in [2.45, 2.75) is 19.6 Å². The van der Waals surface area contributed by atoms with Crippen molar-refractivity contribution in [3.05, 3.63) is 41.8 Å². The monoisotopic (exact) mass is 317 g/mol. The lowest BCUT2D eigenvalue weighted by atomic mass is 10.2. The molecule has 0 fully saturated rings. The molecule has 23 heavy (non-hydrogen) atoms. The van der Waals surface area contributed by atoms with Crippen molar-refractivity contribution in [2.24, 2.45) is 0 Å². The average molecular weight is 317 g/mol. The van der Waals surface area contributed by atoms with Crippen LogP contribution in [0, 0.1) is 6.92 Å². The lowest BCUT2D eigenvalue weighted by molar-refractivity contribution is 0.0904. The standard InChI is InChI=1S/C16H19N3O4/c1-11-7-12(18-23-11)9-19(2)16(20)17-8-13-10-21-14-5-3-4-6-15(14)22-13/h3-7,13H,8-10H2,1-2H3,(H,17,20)/t13-/m0/s1. The smallest absolute Gasteiger partial charge is 0.317 e. The number of carbonyl (C=O) groups is 1. The number of nitrogens with zero attached hydrogens (tertiary/aromatic N) is 2. The van der Waals surface area contributed by atoms with Gasteiger partial charge in [-0.05, 0) is 19.1 Å². The number of rotatable bonds is 4. The third-order valence-corrected chi connectivity index (χ3v) is 3.47. The van der Waals surface area contributed by atoms with Crippen LogP contribution in [0.4, 0.5) is 4.79 Å². The molecule has 2 amide bonds. The molecule has 2 aromatic rings. The number of urea groups is 1. The van der Waals surface area contributed by atoms with Crippen LogP contribution in [0.5, 0.6) is 11.5 Å². The van der Waals surface area contributed by atoms with Crippen molar-refractivity contribution in [1.82, 2.24) is 15.4 Å². The Morgan fingerprint density at radius 3 is 2.91 bits per heavy atom. The summed E-state index contributed by atoms with van der Waals surface area (Å²) in [5.41, 5.74) is 0.714. The summed E-state index contributed by atoms with van der Waals surface area (Å²) in [4.78, 5) is 13.6. The summed E-state index contributed by atoms with van der Waals surface area (Å²) in [6.07, 6.45) is -0.212. The van der Waals surface area contributed by atoms with Gasteiger partial charge in [-0.3, -0.25) is 0 Å². The molecule has 7 nitrogen and oxygen atoms in total. The minimum atomic E-state index is -0.212. The van der Waals surface area contributed by atoms with Gasteiger partial charge in [0.25, 0.3) is 0 Å². The topological polar surface area (TPSA) is 76.8 Å². The van der Waals surface area contributed by atoms with Gasteiger partial charge in [-0.1, -0.05) is 17.3 Å². The van der Waals surface area contributed by atoms with Gasteiger partial charge in [-0.2, -0.15) is 0 Å². The van der Waals surface area contributed by atoms with Crippen LogP contribution in [0.2, 0.25) is 0 Å². The van der Waals surface area contributed by atoms with Crippen molar-refractivity contribution in [3.63, 3.8) is 0 Å². The lowest BCUT2D eigenvalue weighted by Gasteiger charge is -2.27. The predicted molar refractivity (Wildman–Crippen MR) is 82.5 cm³/mol. The van der Waals surface area contributed by atoms with E-state index in [4.69, 9.17) is 14.0 Å². The van der Waals surface area contributed by atoms with E-state index in [0.717, 1.165) is 11.5 Å². The molecular formula is C16H19N3O4. The Balaban J connectivity index is 1.47. The molecule has 1 aliphatic rings. The summed E-state index contributed by atoms with van der Waals surface area (Å²) in [6, 6.07) is 9.09. The fraction of sp³-hybridized carbons (Fsp3) is 0.375. The van der Waals surface area contributed by atoms with Crippen molar-refractivity contribution >= 4 is 6.03 Å². The molecule has 1 aromatic carbocycles. The number of para-hydroxylation sites is 2. The summed E-state index contributed by atoms with van der Waals surface area (Å²) in [5, 5.41) is 6.71. The largest absolute Gasteiger partial charge is 0.486 e. The molecule has 0 spiro atoms. The highest BCUT2D eigenvalue weighted by molar-refractivity contribution is 5.73. The molecule has 0 saturated heterocycles. The maximum absolute atomic E-state index is 12.1. The molecular weight excluding hydrogens is 298 g/mol. The highest BCUT2D eigenvalue weighted by Crippen LogP contribution is 2.30. The fourth-order valence-corrected chi connectivity index (χ4v) is 2.31. The zero-order valence-electron chi connectivity index (χ0n) is 13.1. The molecule has 0 bridgehead atoms. The van der Waals surface area contributed by atoms with Crippen LogP contribution in [-0.4, -0.2) is 42.4 Å². The number of benzene rings is 1. The summed E-state index contributed by atoms with van der Waals surface area (Å²) in [5.74, 6) is 2.15. The minimum Gasteiger partial charge on any atom is -0.486 e. The molecule has 122 valence electrons. The van der Waals surface area contributed by atoms with E-state index in [2.05, 4.69) is 10.5 Å². The first-order valence-corrected chi connectivity index (χ1v) is 7.41. The van der Waals surface area contributed by atoms with E-state index in [1.165, 1.54) is 4.90 Å². The van der Waals surface area contributed by atoms with Crippen LogP contribution in [-0.2, 0) is 6.54 Å². The molecule has 0 aliphatic carbocycles. The summed E-state index contributed by atoms with van der Waals surface area (Å²) in [6.45, 7) is 2.97. The maximum atomic E-state index is 12.1. The molecule has 3 rings (SSSR count). The summed E-state index contributed by atoms with van der Waals surface area (Å²) < 4.78 is 16.4. The second kappa shape index (κ2) is 6.60. The number of ether oxygens (including phenoxy) is 2. The normalized spacial score (nSPS) is 16.0. The minimum absolute atomic E-state index is 0.201. The molecule has 1 aliphatic heterocycles. The first-order valence-electron chi connectivity index (χ1n) is 7.41. The predicted octanol–water partition coefficient (Wildman–Crippen LogP) is 1.96. The number of nitrogens with one attached hydrogen (secondary N) is 1. The Bertz CT molecular complexity index is 685. The van der Waals surface area contributed by atoms with Gasteiger partial charge in [0.2, 0.25) is 0 Å². The zero-order chi connectivity index (χ0) is 16.2. The van der Waals surface area contributed by atoms with Gasteiger partial charge in [0.1, 0.15) is 18.1 Å². The SMILES string of the molecule is Cc1cc(CN(C)C(=O)NC[C@H]2COc3ccccc3O2)no1. The van der Waals surface area contributed by atoms with Gasteiger partial charge in [0, 0.05) is 13.1 Å². The second-order valence-corrected chi connectivity index (χ2v) is 5.47. The quantitative estimate of drug-likeness (QED) is 0.933. The van der Waals surface area contributed by atoms with Gasteiger partial charge < -0.3 is 24.2 Å². The number of carbonyl (C=O) groups excluding carboxylic acids is 1. The number of hydrogen-bond acceptors (Lipinski definition) is 5. The second-order valence-electron chi connectivity index (χ2n) is 5.47. The van der Waals surface area contributed by atoms with Gasteiger partial charge in [-0.25, -0.2) is 4.79 Å². The van der Waals surface area contributed by atoms with E-state index in [-0.39, 0.29) is 12.1 Å². The van der Waals surface area contributed by atoms with E-state index in [1.807, 2.05) is 31.2 Å². The number of aromatic nitrogens is 1. The van der Waals surface area contributed by atoms with Crippen molar-refractivity contribution in [2.75, 3.05) is 20.2 Å². The Labute approximate surface area is 134 Å². The Morgan fingerprint density at radius 2 is 2.17 bits per heavy atom. The molecule has 1 aromatic heterocycles. The highest BCUT2D eigenvalue weighted by Gasteiger charge is 2.21. The molecule has 7 heteroatoms. The van der Waals surface area contributed by atoms with E-state index >= 15 is 0 Å². The Morgan fingerprint density at radius 1 is 1.39 bits per heavy atom. The van der Waals surface area contributed by atoms with Crippen LogP contribution < -0.4 is 14.8 Å². The van der Waals surface area contributed by atoms with Crippen molar-refractivity contribution in [3.8, 4) is 11.5 Å². The highest BCUT2D eigenvalue weighted by atomic mass is 16.6. The molecule has 2 heterocycles. The van der Waals surface area contributed by atoms with Gasteiger partial charge >= 0.3 is 6.03 Å². The Hall–Kier alpha value is -2.70. The molecule has 1 N–H and O–H groups in total. The Kier molecular flexibility index (Phi) is 4.36. The number of amides is 2. The van der Waals surface area contributed by atoms with Crippen LogP contribution in [0.25, 0.3) is 0 Å². The van der Waals surface area contributed by atoms with E-state index in [0.29, 0.717) is 31.1 Å². The molecule has 0 saturated carbocycles. The lowest BCUT2D eigenvalue weighted by Crippen LogP contribution is -2.44. The van der Waals surface area contributed by atoms with Crippen molar-refractivity contribution < 1.29 is 18.8 Å². The van der Waals surface area contributed by atoms with Gasteiger partial charge in [0.15, 0.2) is 17.6 Å². The van der Waals surface area contributed by atoms with Crippen LogP contribution in [0.15, 0.2) is 34.9 Å². The maximum Gasteiger partial charge on any atom is 0.317 e. The van der Waals surface area contributed by atoms with E-state index in [1.54, 1.807) is 13.1 Å². The van der Waals surface area contributed by atoms with E-state index in [9.17, 15) is 4.79 Å². The average Bonchev–Trinajstić information content (AvgIpc) is 2.97. The number of fused-ring (bicyclic) bond motifs is 1. The first-order chi connectivity index (χ1) is 11.1. The van der Waals surface area contributed by atoms with Gasteiger partial charge in [-0.15, -0.1) is 0 Å². The molecule has 0 radical (unpaired) electrons. The first kappa shape index (κ1) is 15.2. The number of hydrogen-bond donors (Lipinski definition) is 1. The number of aryl methyl sites for hydroxylation is 1. The fourth-order valence-electron chi connectivity index (χ4n) is 2.31.